The highest BCUT2D eigenvalue weighted by Crippen LogP contribution is 2.29. The van der Waals surface area contributed by atoms with Crippen molar-refractivity contribution in [3.05, 3.63) is 52.9 Å². The largest absolute Gasteiger partial charge is 0.382 e. The van der Waals surface area contributed by atoms with Gasteiger partial charge in [-0.05, 0) is 37.6 Å². The molecule has 1 fully saturated rings. The number of carbonyl (C=O) groups is 1. The Hall–Kier alpha value is -2.18. The number of likely N-dealkylation sites (tertiary alicyclic amines) is 1. The minimum Gasteiger partial charge on any atom is -0.382 e. The molecule has 0 bridgehead atoms. The van der Waals surface area contributed by atoms with E-state index in [4.69, 9.17) is 17.3 Å². The fraction of sp³-hybridized carbons (Fsp3) is 0.353. The van der Waals surface area contributed by atoms with Crippen LogP contribution >= 0.6 is 11.6 Å². The number of amides is 1. The van der Waals surface area contributed by atoms with Crippen LogP contribution in [0.1, 0.15) is 34.9 Å². The van der Waals surface area contributed by atoms with Gasteiger partial charge in [0, 0.05) is 24.0 Å². The molecular weight excluding hydrogens is 326 g/mol. The molecular formula is C17H20ClN5O. The van der Waals surface area contributed by atoms with E-state index in [1.807, 2.05) is 24.3 Å². The van der Waals surface area contributed by atoms with Crippen LogP contribution in [-0.4, -0.2) is 40.4 Å². The van der Waals surface area contributed by atoms with E-state index in [0.29, 0.717) is 11.6 Å². The van der Waals surface area contributed by atoms with Gasteiger partial charge in [-0.1, -0.05) is 29.8 Å². The van der Waals surface area contributed by atoms with Crippen molar-refractivity contribution in [3.63, 3.8) is 0 Å². The van der Waals surface area contributed by atoms with Gasteiger partial charge in [0.2, 0.25) is 0 Å². The zero-order valence-electron chi connectivity index (χ0n) is 13.3. The lowest BCUT2D eigenvalue weighted by atomic mass is 10.1. The minimum absolute atomic E-state index is 0.0306. The first-order valence-electron chi connectivity index (χ1n) is 8.00. The Morgan fingerprint density at radius 3 is 2.67 bits per heavy atom. The summed E-state index contributed by atoms with van der Waals surface area (Å²) in [7, 11) is 0. The smallest absolute Gasteiger partial charge is 0.273 e. The highest BCUT2D eigenvalue weighted by molar-refractivity contribution is 6.31. The first-order valence-corrected chi connectivity index (χ1v) is 8.38. The predicted octanol–water partition coefficient (Wildman–Crippen LogP) is 2.28. The van der Waals surface area contributed by atoms with Gasteiger partial charge in [0.15, 0.2) is 11.5 Å². The van der Waals surface area contributed by atoms with Gasteiger partial charge in [0.05, 0.1) is 6.04 Å². The maximum absolute atomic E-state index is 12.4. The molecule has 0 radical (unpaired) electrons. The summed E-state index contributed by atoms with van der Waals surface area (Å²) in [5, 5.41) is 3.63. The maximum atomic E-state index is 12.4. The van der Waals surface area contributed by atoms with Crippen molar-refractivity contribution in [1.29, 1.82) is 0 Å². The lowest BCUT2D eigenvalue weighted by molar-refractivity contribution is 0.0933. The molecule has 1 amide bonds. The molecule has 1 aromatic heterocycles. The molecule has 1 atom stereocenters. The van der Waals surface area contributed by atoms with E-state index in [9.17, 15) is 4.79 Å². The molecule has 126 valence electrons. The number of hydrogen-bond donors (Lipinski definition) is 2. The summed E-state index contributed by atoms with van der Waals surface area (Å²) in [6.45, 7) is 2.44. The molecule has 0 aliphatic carbocycles. The monoisotopic (exact) mass is 345 g/mol. The third-order valence-electron chi connectivity index (χ3n) is 4.24. The SMILES string of the molecule is Nc1nccnc1C(=O)NC[C@H](c1ccccc1Cl)N1CCCC1. The number of halogens is 1. The standard InChI is InChI=1S/C17H20ClN5O/c18-13-6-2-1-5-12(13)14(23-9-3-4-10-23)11-22-17(24)15-16(19)21-8-7-20-15/h1-2,5-8,14H,3-4,9-11H2,(H2,19,21)(H,22,24)/t14-/m1/s1. The van der Waals surface area contributed by atoms with Crippen molar-refractivity contribution < 1.29 is 4.79 Å². The first kappa shape index (κ1) is 16.7. The molecule has 1 saturated heterocycles. The Labute approximate surface area is 146 Å². The summed E-state index contributed by atoms with van der Waals surface area (Å²) in [6.07, 6.45) is 5.23. The molecule has 0 saturated carbocycles. The van der Waals surface area contributed by atoms with Gasteiger partial charge in [-0.25, -0.2) is 9.97 Å². The third-order valence-corrected chi connectivity index (χ3v) is 4.59. The van der Waals surface area contributed by atoms with E-state index in [0.717, 1.165) is 31.5 Å². The van der Waals surface area contributed by atoms with Crippen LogP contribution in [0.15, 0.2) is 36.7 Å². The molecule has 24 heavy (non-hydrogen) atoms. The van der Waals surface area contributed by atoms with Gasteiger partial charge >= 0.3 is 0 Å². The van der Waals surface area contributed by atoms with Crippen LogP contribution < -0.4 is 11.1 Å². The number of carbonyl (C=O) groups excluding carboxylic acids is 1. The first-order chi connectivity index (χ1) is 11.7. The van der Waals surface area contributed by atoms with E-state index in [1.165, 1.54) is 12.4 Å². The zero-order valence-corrected chi connectivity index (χ0v) is 14.0. The average molecular weight is 346 g/mol. The van der Waals surface area contributed by atoms with Crippen molar-refractivity contribution >= 4 is 23.3 Å². The molecule has 3 N–H and O–H groups in total. The molecule has 0 spiro atoms. The summed E-state index contributed by atoms with van der Waals surface area (Å²) in [4.78, 5) is 22.6. The number of nitrogen functional groups attached to an aromatic ring is 1. The van der Waals surface area contributed by atoms with Gasteiger partial charge in [-0.2, -0.15) is 0 Å². The van der Waals surface area contributed by atoms with E-state index >= 15 is 0 Å². The molecule has 1 aromatic carbocycles. The lowest BCUT2D eigenvalue weighted by Crippen LogP contribution is -2.37. The predicted molar refractivity (Wildman–Crippen MR) is 93.8 cm³/mol. The van der Waals surface area contributed by atoms with Crippen molar-refractivity contribution in [1.82, 2.24) is 20.2 Å². The number of nitrogens with one attached hydrogen (secondary N) is 1. The number of anilines is 1. The topological polar surface area (TPSA) is 84.1 Å². The number of nitrogens with two attached hydrogens (primary N) is 1. The van der Waals surface area contributed by atoms with Gasteiger partial charge in [-0.15, -0.1) is 0 Å². The summed E-state index contributed by atoms with van der Waals surface area (Å²) in [5.41, 5.74) is 6.89. The second-order valence-corrected chi connectivity index (χ2v) is 6.19. The lowest BCUT2D eigenvalue weighted by Gasteiger charge is -2.28. The van der Waals surface area contributed by atoms with Crippen molar-refractivity contribution in [3.8, 4) is 0 Å². The Balaban J connectivity index is 1.76. The van der Waals surface area contributed by atoms with Gasteiger partial charge in [-0.3, -0.25) is 9.69 Å². The Bertz CT molecular complexity index is 718. The van der Waals surface area contributed by atoms with Gasteiger partial charge < -0.3 is 11.1 Å². The van der Waals surface area contributed by atoms with E-state index < -0.39 is 0 Å². The second-order valence-electron chi connectivity index (χ2n) is 5.78. The van der Waals surface area contributed by atoms with Crippen LogP contribution in [0.4, 0.5) is 5.82 Å². The highest BCUT2D eigenvalue weighted by atomic mass is 35.5. The average Bonchev–Trinajstić information content (AvgIpc) is 3.11. The molecule has 1 aliphatic heterocycles. The van der Waals surface area contributed by atoms with Crippen LogP contribution in [0.2, 0.25) is 5.02 Å². The highest BCUT2D eigenvalue weighted by Gasteiger charge is 2.26. The molecule has 3 rings (SSSR count). The Morgan fingerprint density at radius 1 is 1.25 bits per heavy atom. The van der Waals surface area contributed by atoms with E-state index in [-0.39, 0.29) is 23.5 Å². The van der Waals surface area contributed by atoms with Gasteiger partial charge in [0.1, 0.15) is 0 Å². The number of aromatic nitrogens is 2. The summed E-state index contributed by atoms with van der Waals surface area (Å²) >= 11 is 6.37. The summed E-state index contributed by atoms with van der Waals surface area (Å²) < 4.78 is 0. The number of benzene rings is 1. The quantitative estimate of drug-likeness (QED) is 0.868. The van der Waals surface area contributed by atoms with Crippen LogP contribution in [0.25, 0.3) is 0 Å². The minimum atomic E-state index is -0.322. The van der Waals surface area contributed by atoms with Crippen molar-refractivity contribution in [2.45, 2.75) is 18.9 Å². The molecule has 7 heteroatoms. The zero-order chi connectivity index (χ0) is 16.9. The summed E-state index contributed by atoms with van der Waals surface area (Å²) in [5.74, 6) is -0.192. The number of rotatable bonds is 5. The molecule has 2 heterocycles. The number of nitrogens with zero attached hydrogens (tertiary/aromatic N) is 3. The molecule has 0 unspecified atom stereocenters. The third kappa shape index (κ3) is 3.66. The van der Waals surface area contributed by atoms with Crippen molar-refractivity contribution in [2.24, 2.45) is 0 Å². The molecule has 6 nitrogen and oxygen atoms in total. The van der Waals surface area contributed by atoms with Crippen molar-refractivity contribution in [2.75, 3.05) is 25.4 Å². The maximum Gasteiger partial charge on any atom is 0.273 e. The van der Waals surface area contributed by atoms with Crippen LogP contribution in [0.3, 0.4) is 0 Å². The number of hydrogen-bond acceptors (Lipinski definition) is 5. The fourth-order valence-corrected chi connectivity index (χ4v) is 3.29. The van der Waals surface area contributed by atoms with Gasteiger partial charge in [0.25, 0.3) is 5.91 Å². The van der Waals surface area contributed by atoms with E-state index in [1.54, 1.807) is 0 Å². The Morgan fingerprint density at radius 2 is 1.96 bits per heavy atom. The summed E-state index contributed by atoms with van der Waals surface area (Å²) in [6, 6.07) is 7.79. The fourth-order valence-electron chi connectivity index (χ4n) is 3.03. The Kier molecular flexibility index (Phi) is 5.27. The second kappa shape index (κ2) is 7.59. The normalized spacial score (nSPS) is 16.0. The van der Waals surface area contributed by atoms with Crippen LogP contribution in [0.5, 0.6) is 0 Å². The van der Waals surface area contributed by atoms with E-state index in [2.05, 4.69) is 20.2 Å². The molecule has 1 aliphatic rings. The van der Waals surface area contributed by atoms with Crippen LogP contribution in [-0.2, 0) is 0 Å². The van der Waals surface area contributed by atoms with Crippen LogP contribution in [0, 0.1) is 0 Å². The molecule has 2 aromatic rings.